The fraction of sp³-hybridized carbons (Fsp3) is 0. The van der Waals surface area contributed by atoms with Gasteiger partial charge in [0.05, 0.1) is 0 Å². The van der Waals surface area contributed by atoms with E-state index >= 15 is 0 Å². The van der Waals surface area contributed by atoms with Crippen LogP contribution < -0.4 is 5.46 Å². The van der Waals surface area contributed by atoms with Crippen LogP contribution in [0.2, 0.25) is 0 Å². The summed E-state index contributed by atoms with van der Waals surface area (Å²) in [7, 11) is 2.25. The lowest BCUT2D eigenvalue weighted by Gasteiger charge is -2.07. The highest BCUT2D eigenvalue weighted by molar-refractivity contribution is 7.26. The lowest BCUT2D eigenvalue weighted by molar-refractivity contribution is 1.78. The molecule has 0 nitrogen and oxygen atoms in total. The first kappa shape index (κ1) is 12.8. The van der Waals surface area contributed by atoms with Gasteiger partial charge in [-0.15, -0.1) is 11.3 Å². The summed E-state index contributed by atoms with van der Waals surface area (Å²) in [5.41, 5.74) is 7.00. The van der Waals surface area contributed by atoms with E-state index in [2.05, 4.69) is 74.6 Å². The zero-order chi connectivity index (χ0) is 15.8. The topological polar surface area (TPSA) is 0 Å². The Hall–Kier alpha value is -2.58. The van der Waals surface area contributed by atoms with Gasteiger partial charge < -0.3 is 0 Å². The standard InChI is InChI=1S/C22H13BS/c23-17-11-16-13-8-3-5-12-6-4-9-15(19(12)13)20(16)22-21(17)14-7-1-2-10-18(14)24-22/h1-11H,23H2. The molecule has 6 rings (SSSR count). The number of hydrogen-bond donors (Lipinski definition) is 0. The Bertz CT molecular complexity index is 1310. The maximum Gasteiger partial charge on any atom is 0.140 e. The zero-order valence-corrected chi connectivity index (χ0v) is 14.1. The average Bonchev–Trinajstić information content (AvgIpc) is 3.14. The quantitative estimate of drug-likeness (QED) is 0.341. The van der Waals surface area contributed by atoms with E-state index in [0.29, 0.717) is 0 Å². The Kier molecular flexibility index (Phi) is 2.28. The molecule has 1 aromatic heterocycles. The van der Waals surface area contributed by atoms with Gasteiger partial charge in [0.1, 0.15) is 7.85 Å². The molecule has 1 aliphatic rings. The molecular weight excluding hydrogens is 307 g/mol. The van der Waals surface area contributed by atoms with Gasteiger partial charge in [0, 0.05) is 15.0 Å². The molecule has 5 aromatic rings. The van der Waals surface area contributed by atoms with E-state index < -0.39 is 0 Å². The third-order valence-electron chi connectivity index (χ3n) is 5.31. The molecule has 0 spiro atoms. The second-order valence-corrected chi connectivity index (χ2v) is 7.68. The summed E-state index contributed by atoms with van der Waals surface area (Å²) in [6.07, 6.45) is 0. The number of benzene rings is 4. The van der Waals surface area contributed by atoms with Crippen molar-refractivity contribution in [1.29, 1.82) is 0 Å². The summed E-state index contributed by atoms with van der Waals surface area (Å²) in [6, 6.07) is 24.6. The fourth-order valence-corrected chi connectivity index (χ4v) is 5.69. The van der Waals surface area contributed by atoms with Gasteiger partial charge in [-0.1, -0.05) is 66.1 Å². The Labute approximate surface area is 144 Å². The van der Waals surface area contributed by atoms with Crippen LogP contribution in [0.4, 0.5) is 0 Å². The van der Waals surface area contributed by atoms with Crippen LogP contribution in [0.15, 0.2) is 66.7 Å². The molecule has 24 heavy (non-hydrogen) atoms. The highest BCUT2D eigenvalue weighted by atomic mass is 32.1. The highest BCUT2D eigenvalue weighted by Crippen LogP contribution is 2.51. The van der Waals surface area contributed by atoms with Gasteiger partial charge in [-0.05, 0) is 44.3 Å². The van der Waals surface area contributed by atoms with Crippen LogP contribution in [-0.2, 0) is 0 Å². The molecule has 0 N–H and O–H groups in total. The van der Waals surface area contributed by atoms with Crippen molar-refractivity contribution in [2.45, 2.75) is 0 Å². The van der Waals surface area contributed by atoms with Gasteiger partial charge in [-0.3, -0.25) is 0 Å². The van der Waals surface area contributed by atoms with Crippen LogP contribution in [0.1, 0.15) is 0 Å². The van der Waals surface area contributed by atoms with E-state index in [1.54, 1.807) is 0 Å². The van der Waals surface area contributed by atoms with Gasteiger partial charge in [0.2, 0.25) is 0 Å². The molecule has 110 valence electrons. The van der Waals surface area contributed by atoms with Gasteiger partial charge in [-0.2, -0.15) is 0 Å². The number of fused-ring (bicyclic) bond motifs is 7. The monoisotopic (exact) mass is 320 g/mol. The number of rotatable bonds is 0. The third kappa shape index (κ3) is 1.41. The van der Waals surface area contributed by atoms with Gasteiger partial charge in [0.15, 0.2) is 0 Å². The van der Waals surface area contributed by atoms with Gasteiger partial charge >= 0.3 is 0 Å². The van der Waals surface area contributed by atoms with Crippen LogP contribution in [-0.4, -0.2) is 7.85 Å². The Morgan fingerprint density at radius 2 is 1.50 bits per heavy atom. The van der Waals surface area contributed by atoms with Crippen molar-refractivity contribution in [2.75, 3.05) is 0 Å². The summed E-state index contributed by atoms with van der Waals surface area (Å²) in [5, 5.41) is 5.58. The lowest BCUT2D eigenvalue weighted by atomic mass is 9.86. The van der Waals surface area contributed by atoms with Crippen LogP contribution in [0.3, 0.4) is 0 Å². The second-order valence-electron chi connectivity index (χ2n) is 6.63. The van der Waals surface area contributed by atoms with Crippen LogP contribution >= 0.6 is 11.3 Å². The van der Waals surface area contributed by atoms with E-state index in [1.807, 2.05) is 11.3 Å². The predicted molar refractivity (Wildman–Crippen MR) is 109 cm³/mol. The molecule has 1 heterocycles. The molecule has 0 atom stereocenters. The predicted octanol–water partition coefficient (Wildman–Crippen LogP) is 5.11. The van der Waals surface area contributed by atoms with E-state index in [0.717, 1.165) is 0 Å². The van der Waals surface area contributed by atoms with Crippen molar-refractivity contribution < 1.29 is 0 Å². The first-order valence-electron chi connectivity index (χ1n) is 8.30. The maximum atomic E-state index is 2.39. The van der Waals surface area contributed by atoms with Crippen molar-refractivity contribution in [3.8, 4) is 22.3 Å². The molecule has 0 aliphatic heterocycles. The highest BCUT2D eigenvalue weighted by Gasteiger charge is 2.25. The third-order valence-corrected chi connectivity index (χ3v) is 6.50. The molecule has 4 aromatic carbocycles. The molecule has 2 heteroatoms. The number of hydrogen-bond acceptors (Lipinski definition) is 1. The Morgan fingerprint density at radius 3 is 2.38 bits per heavy atom. The van der Waals surface area contributed by atoms with E-state index in [4.69, 9.17) is 0 Å². The minimum absolute atomic E-state index is 1.34. The normalized spacial score (nSPS) is 12.3. The van der Waals surface area contributed by atoms with Crippen molar-refractivity contribution in [2.24, 2.45) is 0 Å². The first-order valence-corrected chi connectivity index (χ1v) is 9.12. The fourth-order valence-electron chi connectivity index (χ4n) is 4.35. The SMILES string of the molecule is Bc1cc2c(c3sc4ccccc4c13)-c1cccc3cccc-2c13. The van der Waals surface area contributed by atoms with Crippen molar-refractivity contribution in [3.05, 3.63) is 66.7 Å². The summed E-state index contributed by atoms with van der Waals surface area (Å²) < 4.78 is 2.82. The van der Waals surface area contributed by atoms with Gasteiger partial charge in [-0.25, -0.2) is 0 Å². The lowest BCUT2D eigenvalue weighted by Crippen LogP contribution is -2.03. The van der Waals surface area contributed by atoms with E-state index in [9.17, 15) is 0 Å². The molecule has 0 saturated heterocycles. The summed E-state index contributed by atoms with van der Waals surface area (Å²) in [5.74, 6) is 0. The minimum Gasteiger partial charge on any atom is -0.135 e. The molecule has 0 bridgehead atoms. The number of thiophene rings is 1. The smallest absolute Gasteiger partial charge is 0.135 e. The molecule has 1 aliphatic carbocycles. The second kappa shape index (κ2) is 4.28. The summed E-state index contributed by atoms with van der Waals surface area (Å²) in [6.45, 7) is 0. The van der Waals surface area contributed by atoms with Crippen molar-refractivity contribution >= 4 is 55.6 Å². The van der Waals surface area contributed by atoms with Crippen LogP contribution in [0, 0.1) is 0 Å². The summed E-state index contributed by atoms with van der Waals surface area (Å²) >= 11 is 1.94. The van der Waals surface area contributed by atoms with Crippen molar-refractivity contribution in [1.82, 2.24) is 0 Å². The van der Waals surface area contributed by atoms with Crippen LogP contribution in [0.5, 0.6) is 0 Å². The van der Waals surface area contributed by atoms with Crippen LogP contribution in [0.25, 0.3) is 53.2 Å². The molecule has 0 fully saturated rings. The van der Waals surface area contributed by atoms with Gasteiger partial charge in [0.25, 0.3) is 0 Å². The van der Waals surface area contributed by atoms with Crippen molar-refractivity contribution in [3.63, 3.8) is 0 Å². The largest absolute Gasteiger partial charge is 0.140 e. The Balaban J connectivity index is 1.92. The van der Waals surface area contributed by atoms with E-state index in [1.165, 1.54) is 58.7 Å². The Morgan fingerprint density at radius 1 is 0.708 bits per heavy atom. The molecular formula is C22H13BS. The average molecular weight is 320 g/mol. The molecule has 0 amide bonds. The molecule has 0 unspecified atom stereocenters. The zero-order valence-electron chi connectivity index (χ0n) is 13.3. The first-order chi connectivity index (χ1) is 11.8. The summed E-state index contributed by atoms with van der Waals surface area (Å²) in [4.78, 5) is 0. The minimum atomic E-state index is 1.34. The molecule has 0 radical (unpaired) electrons. The van der Waals surface area contributed by atoms with E-state index in [-0.39, 0.29) is 0 Å². The maximum absolute atomic E-state index is 2.39. The molecule has 0 saturated carbocycles.